The van der Waals surface area contributed by atoms with E-state index in [1.165, 1.54) is 6.92 Å². The van der Waals surface area contributed by atoms with Crippen molar-refractivity contribution >= 4 is 5.91 Å². The molecule has 21 heavy (non-hydrogen) atoms. The lowest BCUT2D eigenvalue weighted by molar-refractivity contribution is -0.140. The highest BCUT2D eigenvalue weighted by atomic mass is 19.4. The van der Waals surface area contributed by atoms with E-state index in [0.29, 0.717) is 6.07 Å². The van der Waals surface area contributed by atoms with Gasteiger partial charge in [-0.25, -0.2) is 8.78 Å². The minimum absolute atomic E-state index is 0.110. The highest BCUT2D eigenvalue weighted by molar-refractivity contribution is 5.73. The van der Waals surface area contributed by atoms with Crippen LogP contribution in [0.2, 0.25) is 0 Å². The van der Waals surface area contributed by atoms with E-state index in [9.17, 15) is 26.7 Å². The van der Waals surface area contributed by atoms with Crippen LogP contribution >= 0.6 is 0 Å². The summed E-state index contributed by atoms with van der Waals surface area (Å²) in [4.78, 5) is 11.1. The van der Waals surface area contributed by atoms with E-state index in [1.54, 1.807) is 0 Å². The van der Waals surface area contributed by atoms with Crippen LogP contribution in [-0.4, -0.2) is 19.1 Å². The molecule has 3 nitrogen and oxygen atoms in total. The molecule has 1 atom stereocenters. The lowest BCUT2D eigenvalue weighted by atomic mass is 9.90. The monoisotopic (exact) mass is 309 g/mol. The number of alkyl halides is 3. The molecule has 1 heterocycles. The fourth-order valence-electron chi connectivity index (χ4n) is 2.13. The number of hydrogen-bond acceptors (Lipinski definition) is 2. The van der Waals surface area contributed by atoms with E-state index in [-0.39, 0.29) is 30.8 Å². The molecule has 0 radical (unpaired) electrons. The molecule has 0 saturated carbocycles. The SMILES string of the molecule is CC(=O)N[C@@H](c1cc(F)c(C(F)(F)F)cc1F)C1COC1. The first-order valence-electron chi connectivity index (χ1n) is 6.11. The quantitative estimate of drug-likeness (QED) is 0.872. The Labute approximate surface area is 117 Å². The van der Waals surface area contributed by atoms with Crippen molar-refractivity contribution in [3.05, 3.63) is 34.9 Å². The Kier molecular flexibility index (Phi) is 4.18. The Morgan fingerprint density at radius 2 is 1.90 bits per heavy atom. The van der Waals surface area contributed by atoms with E-state index in [0.717, 1.165) is 0 Å². The maximum atomic E-state index is 13.9. The fraction of sp³-hybridized carbons (Fsp3) is 0.462. The number of carbonyl (C=O) groups excluding carboxylic acids is 1. The van der Waals surface area contributed by atoms with Crippen LogP contribution in [0.3, 0.4) is 0 Å². The summed E-state index contributed by atoms with van der Waals surface area (Å²) in [5.74, 6) is -3.59. The van der Waals surface area contributed by atoms with Gasteiger partial charge in [-0.2, -0.15) is 13.2 Å². The van der Waals surface area contributed by atoms with Gasteiger partial charge in [-0.1, -0.05) is 0 Å². The van der Waals surface area contributed by atoms with Gasteiger partial charge in [-0.3, -0.25) is 4.79 Å². The summed E-state index contributed by atoms with van der Waals surface area (Å²) >= 11 is 0. The van der Waals surface area contributed by atoms with E-state index in [4.69, 9.17) is 4.74 Å². The lowest BCUT2D eigenvalue weighted by Crippen LogP contribution is -2.42. The topological polar surface area (TPSA) is 38.3 Å². The van der Waals surface area contributed by atoms with Crippen molar-refractivity contribution in [3.8, 4) is 0 Å². The van der Waals surface area contributed by atoms with E-state index in [1.807, 2.05) is 0 Å². The normalized spacial score (nSPS) is 17.2. The summed E-state index contributed by atoms with van der Waals surface area (Å²) in [5, 5.41) is 2.42. The third-order valence-corrected chi connectivity index (χ3v) is 3.22. The fourth-order valence-corrected chi connectivity index (χ4v) is 2.13. The maximum absolute atomic E-state index is 13.9. The number of rotatable bonds is 3. The van der Waals surface area contributed by atoms with E-state index >= 15 is 0 Å². The summed E-state index contributed by atoms with van der Waals surface area (Å²) in [7, 11) is 0. The zero-order valence-corrected chi connectivity index (χ0v) is 10.9. The second kappa shape index (κ2) is 5.59. The predicted molar refractivity (Wildman–Crippen MR) is 62.2 cm³/mol. The maximum Gasteiger partial charge on any atom is 0.419 e. The van der Waals surface area contributed by atoms with Gasteiger partial charge in [0.1, 0.15) is 11.6 Å². The van der Waals surface area contributed by atoms with E-state index < -0.39 is 35.3 Å². The standard InChI is InChI=1S/C13H12F5NO2/c1-6(20)19-12(7-4-21-5-7)8-2-11(15)9(3-10(8)14)13(16,17)18/h2-3,7,12H,4-5H2,1H3,(H,19,20)/t12-/m1/s1. The molecule has 1 saturated heterocycles. The number of benzene rings is 1. The molecule has 0 spiro atoms. The number of ether oxygens (including phenoxy) is 1. The van der Waals surface area contributed by atoms with Gasteiger partial charge in [0.15, 0.2) is 0 Å². The van der Waals surface area contributed by atoms with Crippen LogP contribution < -0.4 is 5.32 Å². The van der Waals surface area contributed by atoms with Gasteiger partial charge in [0.2, 0.25) is 5.91 Å². The van der Waals surface area contributed by atoms with Gasteiger partial charge >= 0.3 is 6.18 Å². The third kappa shape index (κ3) is 3.31. The molecule has 1 aromatic rings. The highest BCUT2D eigenvalue weighted by Crippen LogP contribution is 2.36. The summed E-state index contributed by atoms with van der Waals surface area (Å²) in [6, 6.07) is -0.330. The molecule has 1 aliphatic heterocycles. The molecule has 116 valence electrons. The molecule has 1 amide bonds. The van der Waals surface area contributed by atoms with Gasteiger partial charge in [-0.15, -0.1) is 0 Å². The van der Waals surface area contributed by atoms with Crippen LogP contribution in [0.4, 0.5) is 22.0 Å². The van der Waals surface area contributed by atoms with Gasteiger partial charge in [-0.05, 0) is 12.1 Å². The smallest absolute Gasteiger partial charge is 0.381 e. The van der Waals surface area contributed by atoms with Crippen LogP contribution in [0.5, 0.6) is 0 Å². The third-order valence-electron chi connectivity index (χ3n) is 3.22. The van der Waals surface area contributed by atoms with Crippen molar-refractivity contribution < 1.29 is 31.5 Å². The van der Waals surface area contributed by atoms with Crippen LogP contribution in [-0.2, 0) is 15.7 Å². The first-order chi connectivity index (χ1) is 9.70. The molecule has 8 heteroatoms. The molecule has 1 aliphatic rings. The van der Waals surface area contributed by atoms with Crippen molar-refractivity contribution in [2.75, 3.05) is 13.2 Å². The minimum Gasteiger partial charge on any atom is -0.381 e. The van der Waals surface area contributed by atoms with Crippen molar-refractivity contribution in [1.29, 1.82) is 0 Å². The molecule has 1 N–H and O–H groups in total. The highest BCUT2D eigenvalue weighted by Gasteiger charge is 2.38. The Bertz CT molecular complexity index is 554. The first-order valence-corrected chi connectivity index (χ1v) is 6.11. The summed E-state index contributed by atoms with van der Waals surface area (Å²) in [6.07, 6.45) is -4.98. The average Bonchev–Trinajstić information content (AvgIpc) is 2.26. The summed E-state index contributed by atoms with van der Waals surface area (Å²) in [6.45, 7) is 1.62. The van der Waals surface area contributed by atoms with Gasteiger partial charge < -0.3 is 10.1 Å². The zero-order valence-electron chi connectivity index (χ0n) is 10.9. The number of amides is 1. The molecule has 1 aromatic carbocycles. The van der Waals surface area contributed by atoms with Crippen molar-refractivity contribution in [3.63, 3.8) is 0 Å². The van der Waals surface area contributed by atoms with Crippen molar-refractivity contribution in [2.24, 2.45) is 5.92 Å². The summed E-state index contributed by atoms with van der Waals surface area (Å²) in [5.41, 5.74) is -1.99. The molecular weight excluding hydrogens is 297 g/mol. The van der Waals surface area contributed by atoms with Gasteiger partial charge in [0.05, 0.1) is 24.8 Å². The molecular formula is C13H12F5NO2. The molecule has 1 fully saturated rings. The lowest BCUT2D eigenvalue weighted by Gasteiger charge is -2.34. The molecule has 0 aliphatic carbocycles. The average molecular weight is 309 g/mol. The van der Waals surface area contributed by atoms with Gasteiger partial charge in [0.25, 0.3) is 0 Å². The minimum atomic E-state index is -4.98. The Morgan fingerprint density at radius 1 is 1.29 bits per heavy atom. The number of nitrogens with one attached hydrogen (secondary N) is 1. The molecule has 0 aromatic heterocycles. The zero-order chi connectivity index (χ0) is 15.8. The number of halogens is 5. The van der Waals surface area contributed by atoms with Crippen LogP contribution in [0, 0.1) is 17.6 Å². The molecule has 2 rings (SSSR count). The molecule has 0 unspecified atom stereocenters. The largest absolute Gasteiger partial charge is 0.419 e. The van der Waals surface area contributed by atoms with Crippen LogP contribution in [0.15, 0.2) is 12.1 Å². The van der Waals surface area contributed by atoms with Crippen LogP contribution in [0.1, 0.15) is 24.1 Å². The van der Waals surface area contributed by atoms with Crippen LogP contribution in [0.25, 0.3) is 0 Å². The number of hydrogen-bond donors (Lipinski definition) is 1. The Morgan fingerprint density at radius 3 is 2.33 bits per heavy atom. The van der Waals surface area contributed by atoms with Crippen molar-refractivity contribution in [2.45, 2.75) is 19.1 Å². The molecule has 0 bridgehead atoms. The Balaban J connectivity index is 2.41. The van der Waals surface area contributed by atoms with E-state index in [2.05, 4.69) is 5.32 Å². The Hall–Kier alpha value is -1.70. The number of carbonyl (C=O) groups is 1. The second-order valence-electron chi connectivity index (χ2n) is 4.83. The van der Waals surface area contributed by atoms with Gasteiger partial charge in [0, 0.05) is 18.4 Å². The first kappa shape index (κ1) is 15.7. The summed E-state index contributed by atoms with van der Waals surface area (Å²) < 4.78 is 70.0. The second-order valence-corrected chi connectivity index (χ2v) is 4.83. The van der Waals surface area contributed by atoms with Crippen molar-refractivity contribution in [1.82, 2.24) is 5.32 Å². The predicted octanol–water partition coefficient (Wildman–Crippen LogP) is 2.81.